The van der Waals surface area contributed by atoms with Gasteiger partial charge in [-0.1, -0.05) is 11.6 Å². The summed E-state index contributed by atoms with van der Waals surface area (Å²) in [6, 6.07) is 5.32. The highest BCUT2D eigenvalue weighted by Gasteiger charge is 2.25. The molecule has 0 saturated carbocycles. The first-order valence-electron chi connectivity index (χ1n) is 6.50. The van der Waals surface area contributed by atoms with Crippen LogP contribution in [0.4, 0.5) is 5.69 Å². The van der Waals surface area contributed by atoms with E-state index >= 15 is 0 Å². The van der Waals surface area contributed by atoms with Crippen LogP contribution in [0.1, 0.15) is 23.2 Å². The molecule has 0 radical (unpaired) electrons. The van der Waals surface area contributed by atoms with Gasteiger partial charge >= 0.3 is 0 Å². The van der Waals surface area contributed by atoms with Crippen LogP contribution in [0.25, 0.3) is 0 Å². The van der Waals surface area contributed by atoms with Crippen LogP contribution in [0.5, 0.6) is 0 Å². The number of anilines is 1. The third-order valence-electron chi connectivity index (χ3n) is 3.78. The normalized spacial score (nSPS) is 17.4. The molecule has 2 rings (SSSR count). The standard InChI is InChI=1S/C14H20ClN3O/c1-17-7-5-11(6-8-17)18(2)14(19)12-4-3-10(16)9-13(12)15/h3-4,9,11H,5-8,16H2,1-2H3. The van der Waals surface area contributed by atoms with Gasteiger partial charge in [-0.2, -0.15) is 0 Å². The van der Waals surface area contributed by atoms with E-state index in [-0.39, 0.29) is 11.9 Å². The van der Waals surface area contributed by atoms with Crippen LogP contribution in [0.15, 0.2) is 18.2 Å². The largest absolute Gasteiger partial charge is 0.399 e. The number of amides is 1. The van der Waals surface area contributed by atoms with Gasteiger partial charge in [0.2, 0.25) is 0 Å². The predicted octanol–water partition coefficient (Wildman–Crippen LogP) is 2.09. The summed E-state index contributed by atoms with van der Waals surface area (Å²) in [7, 11) is 3.96. The average molecular weight is 282 g/mol. The molecule has 5 heteroatoms. The zero-order valence-electron chi connectivity index (χ0n) is 11.4. The molecule has 0 aliphatic carbocycles. The Labute approximate surface area is 119 Å². The van der Waals surface area contributed by atoms with Gasteiger partial charge in [0.15, 0.2) is 0 Å². The van der Waals surface area contributed by atoms with Crippen molar-refractivity contribution < 1.29 is 4.79 Å². The number of carbonyl (C=O) groups is 1. The van der Waals surface area contributed by atoms with E-state index in [1.54, 1.807) is 18.2 Å². The maximum Gasteiger partial charge on any atom is 0.255 e. The van der Waals surface area contributed by atoms with Gasteiger partial charge in [0.25, 0.3) is 5.91 Å². The van der Waals surface area contributed by atoms with Gasteiger partial charge in [0.05, 0.1) is 10.6 Å². The van der Waals surface area contributed by atoms with Gasteiger partial charge in [0, 0.05) is 18.8 Å². The predicted molar refractivity (Wildman–Crippen MR) is 78.5 cm³/mol. The Balaban J connectivity index is 2.10. The highest BCUT2D eigenvalue weighted by molar-refractivity contribution is 6.34. The lowest BCUT2D eigenvalue weighted by Gasteiger charge is -2.35. The number of piperidine rings is 1. The van der Waals surface area contributed by atoms with E-state index in [9.17, 15) is 4.79 Å². The van der Waals surface area contributed by atoms with E-state index in [1.165, 1.54) is 0 Å². The lowest BCUT2D eigenvalue weighted by Crippen LogP contribution is -2.44. The fourth-order valence-corrected chi connectivity index (χ4v) is 2.71. The number of benzene rings is 1. The molecule has 1 aliphatic rings. The van der Waals surface area contributed by atoms with E-state index < -0.39 is 0 Å². The van der Waals surface area contributed by atoms with E-state index in [2.05, 4.69) is 11.9 Å². The summed E-state index contributed by atoms with van der Waals surface area (Å²) in [5.74, 6) is -0.0282. The van der Waals surface area contributed by atoms with Crippen LogP contribution in [-0.2, 0) is 0 Å². The summed E-state index contributed by atoms with van der Waals surface area (Å²) in [6.45, 7) is 2.05. The molecule has 104 valence electrons. The number of likely N-dealkylation sites (tertiary alicyclic amines) is 1. The zero-order chi connectivity index (χ0) is 14.0. The number of nitrogens with zero attached hydrogens (tertiary/aromatic N) is 2. The van der Waals surface area contributed by atoms with Crippen molar-refractivity contribution in [1.29, 1.82) is 0 Å². The number of nitrogens with two attached hydrogens (primary N) is 1. The smallest absolute Gasteiger partial charge is 0.255 e. The SMILES string of the molecule is CN1CCC(N(C)C(=O)c2ccc(N)cc2Cl)CC1. The van der Waals surface area contributed by atoms with E-state index in [1.807, 2.05) is 11.9 Å². The number of nitrogen functional groups attached to an aromatic ring is 1. The second kappa shape index (κ2) is 5.80. The second-order valence-electron chi connectivity index (χ2n) is 5.19. The fourth-order valence-electron chi connectivity index (χ4n) is 2.44. The number of rotatable bonds is 2. The molecule has 0 spiro atoms. The van der Waals surface area contributed by atoms with Crippen molar-refractivity contribution in [1.82, 2.24) is 9.80 Å². The molecule has 19 heavy (non-hydrogen) atoms. The summed E-state index contributed by atoms with van der Waals surface area (Å²) >= 11 is 6.09. The lowest BCUT2D eigenvalue weighted by atomic mass is 10.0. The van der Waals surface area contributed by atoms with Crippen LogP contribution in [-0.4, -0.2) is 48.9 Å². The molecule has 1 saturated heterocycles. The Morgan fingerprint density at radius 3 is 2.63 bits per heavy atom. The Morgan fingerprint density at radius 1 is 1.42 bits per heavy atom. The summed E-state index contributed by atoms with van der Waals surface area (Å²) in [5, 5.41) is 0.421. The molecule has 0 atom stereocenters. The molecule has 1 aromatic carbocycles. The van der Waals surface area contributed by atoms with E-state index in [0.717, 1.165) is 25.9 Å². The summed E-state index contributed by atoms with van der Waals surface area (Å²) in [6.07, 6.45) is 2.01. The number of halogens is 1. The minimum absolute atomic E-state index is 0.0282. The topological polar surface area (TPSA) is 49.6 Å². The van der Waals surface area contributed by atoms with Gasteiger partial charge in [-0.3, -0.25) is 4.79 Å². The molecule has 4 nitrogen and oxygen atoms in total. The zero-order valence-corrected chi connectivity index (χ0v) is 12.2. The molecular formula is C14H20ClN3O. The summed E-state index contributed by atoms with van der Waals surface area (Å²) < 4.78 is 0. The molecular weight excluding hydrogens is 262 g/mol. The summed E-state index contributed by atoms with van der Waals surface area (Å²) in [5.41, 5.74) is 6.74. The van der Waals surface area contributed by atoms with Crippen molar-refractivity contribution in [2.45, 2.75) is 18.9 Å². The molecule has 2 N–H and O–H groups in total. The first kappa shape index (κ1) is 14.2. The Morgan fingerprint density at radius 2 is 2.05 bits per heavy atom. The Bertz CT molecular complexity index is 470. The second-order valence-corrected chi connectivity index (χ2v) is 5.60. The summed E-state index contributed by atoms with van der Waals surface area (Å²) in [4.78, 5) is 16.5. The van der Waals surface area contributed by atoms with Gasteiger partial charge in [-0.05, 0) is 51.2 Å². The van der Waals surface area contributed by atoms with Crippen molar-refractivity contribution >= 4 is 23.2 Å². The highest BCUT2D eigenvalue weighted by Crippen LogP contribution is 2.23. The number of hydrogen-bond donors (Lipinski definition) is 1. The monoisotopic (exact) mass is 281 g/mol. The van der Waals surface area contributed by atoms with Crippen LogP contribution in [0.3, 0.4) is 0 Å². The first-order chi connectivity index (χ1) is 8.99. The molecule has 1 heterocycles. The van der Waals surface area contributed by atoms with Crippen LogP contribution in [0, 0.1) is 0 Å². The van der Waals surface area contributed by atoms with Gasteiger partial charge in [0.1, 0.15) is 0 Å². The van der Waals surface area contributed by atoms with Crippen molar-refractivity contribution in [3.8, 4) is 0 Å². The lowest BCUT2D eigenvalue weighted by molar-refractivity contribution is 0.0660. The van der Waals surface area contributed by atoms with Crippen molar-refractivity contribution in [3.05, 3.63) is 28.8 Å². The third kappa shape index (κ3) is 3.19. The molecule has 1 aromatic rings. The molecule has 0 unspecified atom stereocenters. The van der Waals surface area contributed by atoms with E-state index in [0.29, 0.717) is 16.3 Å². The minimum atomic E-state index is -0.0282. The Kier molecular flexibility index (Phi) is 4.32. The molecule has 1 aliphatic heterocycles. The quantitative estimate of drug-likeness (QED) is 0.845. The number of carbonyl (C=O) groups excluding carboxylic acids is 1. The maximum atomic E-state index is 12.4. The first-order valence-corrected chi connectivity index (χ1v) is 6.87. The highest BCUT2D eigenvalue weighted by atomic mass is 35.5. The molecule has 1 amide bonds. The van der Waals surface area contributed by atoms with E-state index in [4.69, 9.17) is 17.3 Å². The Hall–Kier alpha value is -1.26. The third-order valence-corrected chi connectivity index (χ3v) is 4.09. The van der Waals surface area contributed by atoms with Crippen LogP contribution in [0.2, 0.25) is 5.02 Å². The van der Waals surface area contributed by atoms with Gasteiger partial charge < -0.3 is 15.5 Å². The fraction of sp³-hybridized carbons (Fsp3) is 0.500. The van der Waals surface area contributed by atoms with Crippen molar-refractivity contribution in [2.24, 2.45) is 0 Å². The average Bonchev–Trinajstić information content (AvgIpc) is 2.38. The number of hydrogen-bond acceptors (Lipinski definition) is 3. The van der Waals surface area contributed by atoms with Gasteiger partial charge in [-0.25, -0.2) is 0 Å². The van der Waals surface area contributed by atoms with Crippen molar-refractivity contribution in [2.75, 3.05) is 32.9 Å². The molecule has 1 fully saturated rings. The molecule has 0 aromatic heterocycles. The minimum Gasteiger partial charge on any atom is -0.399 e. The van der Waals surface area contributed by atoms with Crippen LogP contribution >= 0.6 is 11.6 Å². The van der Waals surface area contributed by atoms with Crippen molar-refractivity contribution in [3.63, 3.8) is 0 Å². The molecule has 0 bridgehead atoms. The maximum absolute atomic E-state index is 12.4. The van der Waals surface area contributed by atoms with Crippen LogP contribution < -0.4 is 5.73 Å². The van der Waals surface area contributed by atoms with Gasteiger partial charge in [-0.15, -0.1) is 0 Å².